The van der Waals surface area contributed by atoms with Crippen LogP contribution < -0.4 is 10.6 Å². The van der Waals surface area contributed by atoms with Crippen LogP contribution in [0.5, 0.6) is 0 Å². The molecule has 0 atom stereocenters. The number of amides is 2. The monoisotopic (exact) mass is 1100 g/mol. The van der Waals surface area contributed by atoms with Gasteiger partial charge < -0.3 is 10.6 Å². The van der Waals surface area contributed by atoms with Crippen molar-refractivity contribution in [2.24, 2.45) is 0 Å². The van der Waals surface area contributed by atoms with Gasteiger partial charge in [-0.05, 0) is 60.4 Å². The van der Waals surface area contributed by atoms with Crippen LogP contribution in [0.25, 0.3) is 11.1 Å². The molecule has 4 nitrogen and oxygen atoms in total. The van der Waals surface area contributed by atoms with Crippen molar-refractivity contribution in [3.8, 4) is 11.1 Å². The predicted octanol–water partition coefficient (Wildman–Crippen LogP) is 13.9. The molecule has 2 aromatic carbocycles. The average Bonchev–Trinajstić information content (AvgIpc) is 3.17. The summed E-state index contributed by atoms with van der Waals surface area (Å²) in [7, 11) is 0. The lowest BCUT2D eigenvalue weighted by Gasteiger charge is -2.42. The van der Waals surface area contributed by atoms with Crippen LogP contribution in [-0.4, -0.2) is 107 Å². The van der Waals surface area contributed by atoms with Crippen molar-refractivity contribution in [3.63, 3.8) is 0 Å². The Morgan fingerprint density at radius 1 is 0.300 bits per heavy atom. The maximum absolute atomic E-state index is 14.4. The minimum atomic E-state index is -9.03. The van der Waals surface area contributed by atoms with Gasteiger partial charge in [-0.15, -0.1) is 0 Å². The number of hydrogen-bond acceptors (Lipinski definition) is 2. The zero-order valence-corrected chi connectivity index (χ0v) is 32.1. The van der Waals surface area contributed by atoms with E-state index >= 15 is 0 Å². The van der Waals surface area contributed by atoms with E-state index in [0.29, 0.717) is 48.7 Å². The van der Waals surface area contributed by atoms with Gasteiger partial charge in [0.1, 0.15) is 0 Å². The molecule has 0 bridgehead atoms. The summed E-state index contributed by atoms with van der Waals surface area (Å²) in [6.07, 6.45) is -16.1. The molecule has 0 aliphatic rings. The van der Waals surface area contributed by atoms with E-state index in [9.17, 15) is 159 Å². The molecule has 0 unspecified atom stereocenters. The normalized spacial score (nSPS) is 15.5. The SMILES string of the molecule is Cc1cc(-c2ccc(NC(=O)C(F)(F)C(F)(F)C(F)(F)C(F)(F)C(F)(F)C(F)(F)C(F)(F)C(F)(F)F)c(C)c2)ccc1NC(=O)C(F)(F)C(F)(F)C(F)(F)C(F)(F)C(F)(F)C(F)(F)C(F)(F)C(F)(F)F. The highest BCUT2D eigenvalue weighted by Crippen LogP contribution is 2.66. The first-order valence-electron chi connectivity index (χ1n) is 16.6. The first-order valence-corrected chi connectivity index (χ1v) is 16.6. The molecule has 2 aromatic rings. The third-order valence-electron chi connectivity index (χ3n) is 9.30. The Morgan fingerprint density at radius 2 is 0.486 bits per heavy atom. The smallest absolute Gasteiger partial charge is 0.320 e. The molecule has 0 fully saturated rings. The molecule has 0 heterocycles. The second kappa shape index (κ2) is 16.8. The van der Waals surface area contributed by atoms with E-state index in [2.05, 4.69) is 0 Å². The van der Waals surface area contributed by atoms with Gasteiger partial charge >= 0.3 is 107 Å². The molecule has 0 spiro atoms. The summed E-state index contributed by atoms with van der Waals surface area (Å²) in [4.78, 5) is 24.0. The molecule has 402 valence electrons. The van der Waals surface area contributed by atoms with Crippen molar-refractivity contribution in [2.75, 3.05) is 10.6 Å². The fraction of sp³-hybridized carbons (Fsp3) is 0.562. The number of carbonyl (C=O) groups excluding carboxylic acids is 2. The minimum absolute atomic E-state index is 0.213. The van der Waals surface area contributed by atoms with Crippen LogP contribution in [0.4, 0.5) is 161 Å². The van der Waals surface area contributed by atoms with E-state index < -0.39 is 141 Å². The second-order valence-electron chi connectivity index (χ2n) is 14.0. The molecule has 0 aliphatic heterocycles. The van der Waals surface area contributed by atoms with Crippen LogP contribution in [0, 0.1) is 13.8 Å². The Hall–Kier alpha value is -5.00. The van der Waals surface area contributed by atoms with E-state index in [1.807, 2.05) is 0 Å². The number of rotatable bonds is 17. The van der Waals surface area contributed by atoms with Crippen LogP contribution in [0.2, 0.25) is 0 Å². The zero-order chi connectivity index (χ0) is 56.3. The van der Waals surface area contributed by atoms with Gasteiger partial charge in [-0.2, -0.15) is 149 Å². The van der Waals surface area contributed by atoms with Crippen LogP contribution in [-0.2, 0) is 9.59 Å². The van der Waals surface area contributed by atoms with Crippen molar-refractivity contribution in [2.45, 2.75) is 109 Å². The second-order valence-corrected chi connectivity index (χ2v) is 14.0. The number of aryl methyl sites for hydroxylation is 2. The molecule has 2 N–H and O–H groups in total. The largest absolute Gasteiger partial charge is 0.460 e. The Balaban J connectivity index is 2.48. The topological polar surface area (TPSA) is 58.2 Å². The van der Waals surface area contributed by atoms with Crippen molar-refractivity contribution in [1.29, 1.82) is 0 Å². The summed E-state index contributed by atoms with van der Waals surface area (Å²) in [5.74, 6) is -128. The summed E-state index contributed by atoms with van der Waals surface area (Å²) in [5.41, 5.74) is -5.37. The van der Waals surface area contributed by atoms with Crippen molar-refractivity contribution < 1.29 is 159 Å². The first-order chi connectivity index (χ1) is 30.3. The number of hydrogen-bond donors (Lipinski definition) is 2. The highest BCUT2D eigenvalue weighted by Gasteiger charge is 2.97. The van der Waals surface area contributed by atoms with Gasteiger partial charge in [-0.25, -0.2) is 0 Å². The molecule has 2 rings (SSSR count). The molecule has 0 saturated carbocycles. The van der Waals surface area contributed by atoms with Crippen LogP contribution >= 0.6 is 0 Å². The maximum atomic E-state index is 14.4. The Kier molecular flexibility index (Phi) is 14.7. The summed E-state index contributed by atoms with van der Waals surface area (Å²) in [6, 6.07) is 2.38. The van der Waals surface area contributed by atoms with Crippen LogP contribution in [0.15, 0.2) is 36.4 Å². The lowest BCUT2D eigenvalue weighted by molar-refractivity contribution is -0.459. The molecule has 2 amide bonds. The number of nitrogens with one attached hydrogen (secondary N) is 2. The van der Waals surface area contributed by atoms with Gasteiger partial charge in [-0.1, -0.05) is 12.1 Å². The Bertz CT molecular complexity index is 2150. The third kappa shape index (κ3) is 8.28. The van der Waals surface area contributed by atoms with Crippen LogP contribution in [0.3, 0.4) is 0 Å². The number of benzene rings is 2. The fourth-order valence-electron chi connectivity index (χ4n) is 4.98. The van der Waals surface area contributed by atoms with Crippen molar-refractivity contribution in [1.82, 2.24) is 0 Å². The minimum Gasteiger partial charge on any atom is -0.320 e. The zero-order valence-electron chi connectivity index (χ0n) is 32.1. The molecular formula is C32H14F34N2O2. The summed E-state index contributed by atoms with van der Waals surface area (Å²) in [5, 5.41) is 1.20. The molecule has 0 aromatic heterocycles. The summed E-state index contributed by atoms with van der Waals surface area (Å²) < 4.78 is 461. The highest BCUT2D eigenvalue weighted by molar-refractivity contribution is 5.99. The highest BCUT2D eigenvalue weighted by atomic mass is 19.4. The maximum Gasteiger partial charge on any atom is 0.460 e. The standard InChI is InChI=1S/C32H14F34N2O2/c1-9-7-11(3-5-13(9)67-15(69)17(33,34)19(37,38)21(41,42)23(45,46)25(49,50)27(53,54)29(57,58)31(61,62)63)12-4-6-14(10(2)8-12)68-16(70)18(35,36)20(39,40)22(43,44)24(47,48)26(51,52)28(55,56)30(59,60)32(64,65)66/h3-8H,1-2H3,(H,67,69)(H,68,70). The predicted molar refractivity (Wildman–Crippen MR) is 160 cm³/mol. The molecular weight excluding hydrogens is 1090 g/mol. The molecule has 0 saturated heterocycles. The van der Waals surface area contributed by atoms with Gasteiger partial charge in [0.25, 0.3) is 0 Å². The average molecular weight is 1100 g/mol. The van der Waals surface area contributed by atoms with Gasteiger partial charge in [0.05, 0.1) is 0 Å². The third-order valence-corrected chi connectivity index (χ3v) is 9.30. The van der Waals surface area contributed by atoms with Gasteiger partial charge in [0.2, 0.25) is 0 Å². The van der Waals surface area contributed by atoms with Gasteiger partial charge in [0.15, 0.2) is 0 Å². The lowest BCUT2D eigenvalue weighted by Crippen LogP contribution is -2.75. The van der Waals surface area contributed by atoms with E-state index in [1.54, 1.807) is 0 Å². The Labute approximate surface area is 361 Å². The van der Waals surface area contributed by atoms with Crippen molar-refractivity contribution >= 4 is 23.2 Å². The molecule has 0 aliphatic carbocycles. The van der Waals surface area contributed by atoms with E-state index in [4.69, 9.17) is 0 Å². The van der Waals surface area contributed by atoms with Crippen molar-refractivity contribution in [3.05, 3.63) is 47.5 Å². The molecule has 70 heavy (non-hydrogen) atoms. The van der Waals surface area contributed by atoms with Gasteiger partial charge in [-0.3, -0.25) is 9.59 Å². The number of carbonyl (C=O) groups is 2. The number of halogens is 34. The van der Waals surface area contributed by atoms with E-state index in [0.717, 1.165) is 0 Å². The first kappa shape index (κ1) is 61.1. The number of anilines is 2. The number of alkyl halides is 34. The van der Waals surface area contributed by atoms with E-state index in [1.165, 1.54) is 0 Å². The van der Waals surface area contributed by atoms with E-state index in [-0.39, 0.29) is 12.1 Å². The molecule has 0 radical (unpaired) electrons. The van der Waals surface area contributed by atoms with Gasteiger partial charge in [0, 0.05) is 11.4 Å². The Morgan fingerprint density at radius 3 is 0.671 bits per heavy atom. The fourth-order valence-corrected chi connectivity index (χ4v) is 4.98. The molecule has 38 heteroatoms. The van der Waals surface area contributed by atoms with Crippen LogP contribution in [0.1, 0.15) is 11.1 Å². The summed E-state index contributed by atoms with van der Waals surface area (Å²) >= 11 is 0. The lowest BCUT2D eigenvalue weighted by atomic mass is 9.88. The summed E-state index contributed by atoms with van der Waals surface area (Å²) in [6.45, 7) is 1.17. The quantitative estimate of drug-likeness (QED) is 0.155.